The van der Waals surface area contributed by atoms with Crippen LogP contribution in [0.3, 0.4) is 0 Å². The van der Waals surface area contributed by atoms with Crippen molar-refractivity contribution >= 4 is 17.3 Å². The van der Waals surface area contributed by atoms with E-state index in [1.54, 1.807) is 12.1 Å². The van der Waals surface area contributed by atoms with Gasteiger partial charge in [0.1, 0.15) is 0 Å². The molecule has 0 spiro atoms. The molecule has 0 aliphatic heterocycles. The van der Waals surface area contributed by atoms with Gasteiger partial charge in [-0.1, -0.05) is 25.1 Å². The number of carbonyl (C=O) groups is 1. The van der Waals surface area contributed by atoms with E-state index in [2.05, 4.69) is 12.2 Å². The lowest BCUT2D eigenvalue weighted by Gasteiger charge is -2.09. The molecular formula is C16H18N2O. The van der Waals surface area contributed by atoms with E-state index in [9.17, 15) is 4.79 Å². The summed E-state index contributed by atoms with van der Waals surface area (Å²) in [6.07, 6.45) is 0.941. The fraction of sp³-hybridized carbons (Fsp3) is 0.188. The molecule has 0 unspecified atom stereocenters. The fourth-order valence-corrected chi connectivity index (χ4v) is 1.96. The van der Waals surface area contributed by atoms with E-state index in [1.165, 1.54) is 5.56 Å². The zero-order valence-electron chi connectivity index (χ0n) is 11.2. The van der Waals surface area contributed by atoms with Gasteiger partial charge in [-0.25, -0.2) is 0 Å². The second kappa shape index (κ2) is 5.57. The summed E-state index contributed by atoms with van der Waals surface area (Å²) < 4.78 is 0. The van der Waals surface area contributed by atoms with Crippen LogP contribution in [0.25, 0.3) is 0 Å². The van der Waals surface area contributed by atoms with E-state index >= 15 is 0 Å². The van der Waals surface area contributed by atoms with Crippen molar-refractivity contribution in [1.29, 1.82) is 0 Å². The van der Waals surface area contributed by atoms with E-state index < -0.39 is 0 Å². The molecule has 3 N–H and O–H groups in total. The summed E-state index contributed by atoms with van der Waals surface area (Å²) in [6.45, 7) is 4.03. The molecule has 0 radical (unpaired) electrons. The van der Waals surface area contributed by atoms with Crippen molar-refractivity contribution in [2.24, 2.45) is 0 Å². The second-order valence-corrected chi connectivity index (χ2v) is 4.60. The topological polar surface area (TPSA) is 55.1 Å². The van der Waals surface area contributed by atoms with E-state index in [-0.39, 0.29) is 5.91 Å². The molecule has 0 heterocycles. The zero-order chi connectivity index (χ0) is 13.8. The Morgan fingerprint density at radius 1 is 1.21 bits per heavy atom. The van der Waals surface area contributed by atoms with E-state index in [0.717, 1.165) is 17.7 Å². The Bertz CT molecular complexity index is 605. The summed E-state index contributed by atoms with van der Waals surface area (Å²) in [5.41, 5.74) is 9.91. The van der Waals surface area contributed by atoms with Crippen molar-refractivity contribution in [2.45, 2.75) is 20.3 Å². The average molecular weight is 254 g/mol. The maximum Gasteiger partial charge on any atom is 0.257 e. The molecule has 2 aromatic rings. The summed E-state index contributed by atoms with van der Waals surface area (Å²) in [7, 11) is 0. The van der Waals surface area contributed by atoms with Crippen LogP contribution in [0.2, 0.25) is 0 Å². The molecule has 0 aliphatic rings. The number of hydrogen-bond donors (Lipinski definition) is 2. The Morgan fingerprint density at radius 3 is 2.68 bits per heavy atom. The first-order chi connectivity index (χ1) is 9.10. The second-order valence-electron chi connectivity index (χ2n) is 4.60. The highest BCUT2D eigenvalue weighted by Gasteiger charge is 2.09. The normalized spacial score (nSPS) is 10.2. The van der Waals surface area contributed by atoms with Crippen LogP contribution in [0.1, 0.15) is 28.4 Å². The first kappa shape index (κ1) is 13.1. The van der Waals surface area contributed by atoms with Gasteiger partial charge in [0.25, 0.3) is 5.91 Å². The number of nitrogens with two attached hydrogens (primary N) is 1. The van der Waals surface area contributed by atoms with Gasteiger partial charge in [0.15, 0.2) is 0 Å². The molecule has 0 saturated carbocycles. The molecule has 0 atom stereocenters. The first-order valence-corrected chi connectivity index (χ1v) is 6.36. The zero-order valence-corrected chi connectivity index (χ0v) is 11.2. The number of carbonyl (C=O) groups excluding carboxylic acids is 1. The van der Waals surface area contributed by atoms with E-state index in [4.69, 9.17) is 5.73 Å². The third kappa shape index (κ3) is 3.13. The number of rotatable bonds is 3. The molecule has 0 bridgehead atoms. The van der Waals surface area contributed by atoms with Crippen LogP contribution >= 0.6 is 0 Å². The molecule has 3 heteroatoms. The largest absolute Gasteiger partial charge is 0.398 e. The molecular weight excluding hydrogens is 236 g/mol. The molecule has 0 saturated heterocycles. The lowest BCUT2D eigenvalue weighted by Crippen LogP contribution is -2.14. The van der Waals surface area contributed by atoms with Gasteiger partial charge in [-0.05, 0) is 48.7 Å². The highest BCUT2D eigenvalue weighted by Crippen LogP contribution is 2.17. The molecule has 0 aromatic heterocycles. The van der Waals surface area contributed by atoms with Crippen LogP contribution in [0.5, 0.6) is 0 Å². The fourth-order valence-electron chi connectivity index (χ4n) is 1.96. The number of nitrogen functional groups attached to an aromatic ring is 1. The predicted molar refractivity (Wildman–Crippen MR) is 79.4 cm³/mol. The predicted octanol–water partition coefficient (Wildman–Crippen LogP) is 3.39. The van der Waals surface area contributed by atoms with Gasteiger partial charge in [0.05, 0.1) is 5.56 Å². The molecule has 98 valence electrons. The van der Waals surface area contributed by atoms with Crippen molar-refractivity contribution in [2.75, 3.05) is 11.1 Å². The van der Waals surface area contributed by atoms with Gasteiger partial charge in [-0.3, -0.25) is 4.79 Å². The molecule has 2 aromatic carbocycles. The Hall–Kier alpha value is -2.29. The standard InChI is InChI=1S/C16H18N2O/c1-3-12-5-4-6-13(10-12)18-16(19)14-8-7-11(2)9-15(14)17/h4-10H,3,17H2,1-2H3,(H,18,19). The molecule has 0 aliphatic carbocycles. The number of anilines is 2. The van der Waals surface area contributed by atoms with Crippen LogP contribution < -0.4 is 11.1 Å². The third-order valence-electron chi connectivity index (χ3n) is 3.04. The molecule has 3 nitrogen and oxygen atoms in total. The summed E-state index contributed by atoms with van der Waals surface area (Å²) in [5, 5.41) is 2.87. The summed E-state index contributed by atoms with van der Waals surface area (Å²) >= 11 is 0. The van der Waals surface area contributed by atoms with Crippen LogP contribution in [0.15, 0.2) is 42.5 Å². The van der Waals surface area contributed by atoms with Crippen molar-refractivity contribution in [3.05, 3.63) is 59.2 Å². The van der Waals surface area contributed by atoms with Gasteiger partial charge in [-0.2, -0.15) is 0 Å². The first-order valence-electron chi connectivity index (χ1n) is 6.36. The SMILES string of the molecule is CCc1cccc(NC(=O)c2ccc(C)cc2N)c1. The maximum atomic E-state index is 12.2. The summed E-state index contributed by atoms with van der Waals surface area (Å²) in [6, 6.07) is 13.3. The average Bonchev–Trinajstić information content (AvgIpc) is 2.38. The highest BCUT2D eigenvalue weighted by molar-refractivity contribution is 6.07. The van der Waals surface area contributed by atoms with Crippen LogP contribution in [-0.2, 0) is 6.42 Å². The summed E-state index contributed by atoms with van der Waals surface area (Å²) in [4.78, 5) is 12.2. The van der Waals surface area contributed by atoms with Gasteiger partial charge in [-0.15, -0.1) is 0 Å². The number of nitrogens with one attached hydrogen (secondary N) is 1. The number of benzene rings is 2. The van der Waals surface area contributed by atoms with Crippen LogP contribution in [0, 0.1) is 6.92 Å². The van der Waals surface area contributed by atoms with Crippen LogP contribution in [0.4, 0.5) is 11.4 Å². The van der Waals surface area contributed by atoms with Crippen molar-refractivity contribution < 1.29 is 4.79 Å². The monoisotopic (exact) mass is 254 g/mol. The van der Waals surface area contributed by atoms with Crippen molar-refractivity contribution in [3.8, 4) is 0 Å². The van der Waals surface area contributed by atoms with Gasteiger partial charge in [0, 0.05) is 11.4 Å². The van der Waals surface area contributed by atoms with Crippen molar-refractivity contribution in [3.63, 3.8) is 0 Å². The Labute approximate surface area is 113 Å². The smallest absolute Gasteiger partial charge is 0.257 e. The summed E-state index contributed by atoms with van der Waals surface area (Å²) in [5.74, 6) is -0.175. The Morgan fingerprint density at radius 2 is 2.00 bits per heavy atom. The minimum Gasteiger partial charge on any atom is -0.398 e. The third-order valence-corrected chi connectivity index (χ3v) is 3.04. The lowest BCUT2D eigenvalue weighted by molar-refractivity contribution is 0.102. The number of aryl methyl sites for hydroxylation is 2. The number of amides is 1. The van der Waals surface area contributed by atoms with Gasteiger partial charge < -0.3 is 11.1 Å². The quantitative estimate of drug-likeness (QED) is 0.825. The highest BCUT2D eigenvalue weighted by atomic mass is 16.1. The van der Waals surface area contributed by atoms with Gasteiger partial charge in [0.2, 0.25) is 0 Å². The molecule has 1 amide bonds. The molecule has 19 heavy (non-hydrogen) atoms. The Kier molecular flexibility index (Phi) is 3.85. The minimum atomic E-state index is -0.175. The Balaban J connectivity index is 2.20. The van der Waals surface area contributed by atoms with Crippen LogP contribution in [-0.4, -0.2) is 5.91 Å². The molecule has 2 rings (SSSR count). The van der Waals surface area contributed by atoms with E-state index in [0.29, 0.717) is 11.3 Å². The number of hydrogen-bond acceptors (Lipinski definition) is 2. The van der Waals surface area contributed by atoms with E-state index in [1.807, 2.05) is 37.3 Å². The molecule has 0 fully saturated rings. The van der Waals surface area contributed by atoms with Crippen molar-refractivity contribution in [1.82, 2.24) is 0 Å². The van der Waals surface area contributed by atoms with Gasteiger partial charge >= 0.3 is 0 Å². The lowest BCUT2D eigenvalue weighted by atomic mass is 10.1. The minimum absolute atomic E-state index is 0.175. The maximum absolute atomic E-state index is 12.2.